The molecule has 3 N–H and O–H groups in total. The van der Waals surface area contributed by atoms with E-state index in [0.717, 1.165) is 17.9 Å². The molecule has 116 valence electrons. The third kappa shape index (κ3) is 5.13. The van der Waals surface area contributed by atoms with Crippen LogP contribution in [-0.2, 0) is 6.42 Å². The van der Waals surface area contributed by atoms with E-state index in [1.165, 1.54) is 11.1 Å². The quantitative estimate of drug-likeness (QED) is 0.488. The zero-order chi connectivity index (χ0) is 15.8. The van der Waals surface area contributed by atoms with Gasteiger partial charge in [0, 0.05) is 5.69 Å². The summed E-state index contributed by atoms with van der Waals surface area (Å²) < 4.78 is 5.61. The number of benzene rings is 2. The number of aryl methyl sites for hydroxylation is 2. The van der Waals surface area contributed by atoms with Crippen LogP contribution in [-0.4, -0.2) is 19.1 Å². The maximum Gasteiger partial charge on any atom is 0.193 e. The smallest absolute Gasteiger partial charge is 0.193 e. The molecule has 0 unspecified atom stereocenters. The van der Waals surface area contributed by atoms with Crippen LogP contribution in [0.15, 0.2) is 53.5 Å². The molecule has 0 spiro atoms. The van der Waals surface area contributed by atoms with Crippen molar-refractivity contribution in [3.63, 3.8) is 0 Å². The molecule has 0 aromatic heterocycles. The first-order valence-electron chi connectivity index (χ1n) is 7.52. The highest BCUT2D eigenvalue weighted by Gasteiger charge is 1.97. The average molecular weight is 297 g/mol. The lowest BCUT2D eigenvalue weighted by Crippen LogP contribution is -2.23. The fraction of sp³-hybridized carbons (Fsp3) is 0.278. The molecule has 0 heterocycles. The Morgan fingerprint density at radius 2 is 1.95 bits per heavy atom. The van der Waals surface area contributed by atoms with E-state index >= 15 is 0 Å². The molecule has 22 heavy (non-hydrogen) atoms. The van der Waals surface area contributed by atoms with Crippen LogP contribution in [0.3, 0.4) is 0 Å². The monoisotopic (exact) mass is 297 g/mol. The van der Waals surface area contributed by atoms with Crippen LogP contribution in [0.25, 0.3) is 0 Å². The number of aliphatic imine (C=N–C) groups is 1. The Balaban J connectivity index is 1.78. The van der Waals surface area contributed by atoms with Crippen molar-refractivity contribution in [2.45, 2.75) is 20.3 Å². The van der Waals surface area contributed by atoms with E-state index < -0.39 is 0 Å². The van der Waals surface area contributed by atoms with E-state index in [1.54, 1.807) is 0 Å². The number of hydrogen-bond donors (Lipinski definition) is 2. The molecule has 0 fully saturated rings. The normalized spacial score (nSPS) is 11.3. The number of nitrogens with one attached hydrogen (secondary N) is 1. The standard InChI is InChI=1S/C18H23N3O/c1-3-15-5-4-6-16(13-15)21-18(19)20-11-12-22-17-9-7-14(2)8-10-17/h4-10,13H,3,11-12H2,1-2H3,(H3,19,20,21). The van der Waals surface area contributed by atoms with Crippen LogP contribution in [0, 0.1) is 6.92 Å². The Bertz CT molecular complexity index is 620. The number of nitrogens with zero attached hydrogens (tertiary/aromatic N) is 1. The van der Waals surface area contributed by atoms with Crippen molar-refractivity contribution in [3.8, 4) is 5.75 Å². The van der Waals surface area contributed by atoms with Gasteiger partial charge in [0.05, 0.1) is 6.54 Å². The minimum Gasteiger partial charge on any atom is -0.492 e. The van der Waals surface area contributed by atoms with Crippen LogP contribution < -0.4 is 15.8 Å². The summed E-state index contributed by atoms with van der Waals surface area (Å²) in [6.07, 6.45) is 0.997. The van der Waals surface area contributed by atoms with Gasteiger partial charge < -0.3 is 15.8 Å². The molecule has 0 radical (unpaired) electrons. The molecule has 0 aliphatic carbocycles. The summed E-state index contributed by atoms with van der Waals surface area (Å²) >= 11 is 0. The van der Waals surface area contributed by atoms with Gasteiger partial charge in [-0.3, -0.25) is 0 Å². The van der Waals surface area contributed by atoms with E-state index in [2.05, 4.69) is 29.4 Å². The van der Waals surface area contributed by atoms with Gasteiger partial charge in [0.25, 0.3) is 0 Å². The van der Waals surface area contributed by atoms with Crippen LogP contribution in [0.4, 0.5) is 5.69 Å². The number of guanidine groups is 1. The van der Waals surface area contributed by atoms with Gasteiger partial charge in [-0.05, 0) is 43.2 Å². The summed E-state index contributed by atoms with van der Waals surface area (Å²) in [6.45, 7) is 5.19. The second-order valence-electron chi connectivity index (χ2n) is 5.11. The molecule has 0 saturated carbocycles. The van der Waals surface area contributed by atoms with Crippen LogP contribution in [0.1, 0.15) is 18.1 Å². The molecule has 0 amide bonds. The maximum atomic E-state index is 5.88. The van der Waals surface area contributed by atoms with Crippen molar-refractivity contribution < 1.29 is 4.74 Å². The third-order valence-electron chi connectivity index (χ3n) is 3.27. The molecule has 0 bridgehead atoms. The minimum atomic E-state index is 0.403. The highest BCUT2D eigenvalue weighted by atomic mass is 16.5. The molecular formula is C18H23N3O. The Labute approximate surface area is 132 Å². The summed E-state index contributed by atoms with van der Waals surface area (Å²) in [4.78, 5) is 4.27. The molecule has 0 aliphatic rings. The molecular weight excluding hydrogens is 274 g/mol. The predicted octanol–water partition coefficient (Wildman–Crippen LogP) is 3.36. The molecule has 2 aromatic rings. The third-order valence-corrected chi connectivity index (χ3v) is 3.27. The van der Waals surface area contributed by atoms with Crippen molar-refractivity contribution in [1.82, 2.24) is 0 Å². The summed E-state index contributed by atoms with van der Waals surface area (Å²) in [5.74, 6) is 1.25. The second-order valence-corrected chi connectivity index (χ2v) is 5.11. The number of rotatable bonds is 6. The molecule has 4 heteroatoms. The van der Waals surface area contributed by atoms with E-state index in [0.29, 0.717) is 19.1 Å². The van der Waals surface area contributed by atoms with Gasteiger partial charge in [-0.2, -0.15) is 0 Å². The van der Waals surface area contributed by atoms with Gasteiger partial charge in [0.15, 0.2) is 5.96 Å². The SMILES string of the molecule is CCc1cccc(NC(N)=NCCOc2ccc(C)cc2)c1. The maximum absolute atomic E-state index is 5.88. The number of ether oxygens (including phenoxy) is 1. The van der Waals surface area contributed by atoms with Gasteiger partial charge in [0.2, 0.25) is 0 Å². The first-order chi connectivity index (χ1) is 10.7. The number of anilines is 1. The second kappa shape index (κ2) is 8.08. The molecule has 0 aliphatic heterocycles. The fourth-order valence-corrected chi connectivity index (χ4v) is 2.02. The van der Waals surface area contributed by atoms with Crippen LogP contribution in [0.2, 0.25) is 0 Å². The molecule has 2 rings (SSSR count). The Hall–Kier alpha value is -2.49. The number of nitrogens with two attached hydrogens (primary N) is 1. The fourth-order valence-electron chi connectivity index (χ4n) is 2.02. The van der Waals surface area contributed by atoms with Gasteiger partial charge in [0.1, 0.15) is 12.4 Å². The highest BCUT2D eigenvalue weighted by Crippen LogP contribution is 2.11. The summed E-state index contributed by atoms with van der Waals surface area (Å²) in [6, 6.07) is 16.1. The van der Waals surface area contributed by atoms with Crippen molar-refractivity contribution in [3.05, 3.63) is 59.7 Å². The van der Waals surface area contributed by atoms with E-state index in [-0.39, 0.29) is 0 Å². The van der Waals surface area contributed by atoms with Crippen LogP contribution in [0.5, 0.6) is 5.75 Å². The minimum absolute atomic E-state index is 0.403. The topological polar surface area (TPSA) is 59.6 Å². The van der Waals surface area contributed by atoms with Gasteiger partial charge in [-0.15, -0.1) is 0 Å². The molecule has 4 nitrogen and oxygen atoms in total. The lowest BCUT2D eigenvalue weighted by atomic mass is 10.1. The summed E-state index contributed by atoms with van der Waals surface area (Å²) in [7, 11) is 0. The Morgan fingerprint density at radius 3 is 2.68 bits per heavy atom. The highest BCUT2D eigenvalue weighted by molar-refractivity contribution is 5.92. The molecule has 0 atom stereocenters. The van der Waals surface area contributed by atoms with Crippen molar-refractivity contribution in [1.29, 1.82) is 0 Å². The lowest BCUT2D eigenvalue weighted by molar-refractivity contribution is 0.328. The van der Waals surface area contributed by atoms with E-state index in [4.69, 9.17) is 10.5 Å². The van der Waals surface area contributed by atoms with E-state index in [1.807, 2.05) is 43.3 Å². The zero-order valence-corrected chi connectivity index (χ0v) is 13.2. The van der Waals surface area contributed by atoms with Crippen molar-refractivity contribution >= 4 is 11.6 Å². The first-order valence-corrected chi connectivity index (χ1v) is 7.52. The average Bonchev–Trinajstić information content (AvgIpc) is 2.53. The summed E-state index contributed by atoms with van der Waals surface area (Å²) in [5.41, 5.74) is 9.32. The largest absolute Gasteiger partial charge is 0.492 e. The Morgan fingerprint density at radius 1 is 1.18 bits per heavy atom. The predicted molar refractivity (Wildman–Crippen MR) is 92.6 cm³/mol. The van der Waals surface area contributed by atoms with Crippen molar-refractivity contribution in [2.75, 3.05) is 18.5 Å². The van der Waals surface area contributed by atoms with E-state index in [9.17, 15) is 0 Å². The van der Waals surface area contributed by atoms with Crippen LogP contribution >= 0.6 is 0 Å². The van der Waals surface area contributed by atoms with Gasteiger partial charge in [-0.1, -0.05) is 36.8 Å². The molecule has 0 saturated heterocycles. The Kier molecular flexibility index (Phi) is 5.83. The summed E-state index contributed by atoms with van der Waals surface area (Å²) in [5, 5.41) is 3.09. The van der Waals surface area contributed by atoms with Gasteiger partial charge in [-0.25, -0.2) is 4.99 Å². The lowest BCUT2D eigenvalue weighted by Gasteiger charge is -2.08. The first kappa shape index (κ1) is 15.9. The molecule has 2 aromatic carbocycles. The van der Waals surface area contributed by atoms with Crippen molar-refractivity contribution in [2.24, 2.45) is 10.7 Å². The van der Waals surface area contributed by atoms with Gasteiger partial charge >= 0.3 is 0 Å². The number of hydrogen-bond acceptors (Lipinski definition) is 2. The zero-order valence-electron chi connectivity index (χ0n) is 13.2.